The molecular formula is C21H33NO20S2. The van der Waals surface area contributed by atoms with Gasteiger partial charge in [0, 0.05) is 26.9 Å². The molecule has 6 N–H and O–H groups in total. The van der Waals surface area contributed by atoms with Crippen LogP contribution in [0.2, 0.25) is 0 Å². The van der Waals surface area contributed by atoms with Crippen molar-refractivity contribution in [2.45, 2.75) is 93.3 Å². The van der Waals surface area contributed by atoms with E-state index in [9.17, 15) is 46.5 Å². The van der Waals surface area contributed by atoms with Crippen LogP contribution in [0.15, 0.2) is 0 Å². The fourth-order valence-corrected chi connectivity index (χ4v) is 5.47. The summed E-state index contributed by atoms with van der Waals surface area (Å²) in [5.74, 6) is -2.17. The highest BCUT2D eigenvalue weighted by Gasteiger charge is 2.51. The molecule has 44 heavy (non-hydrogen) atoms. The molecule has 3 aliphatic heterocycles. The quantitative estimate of drug-likeness (QED) is 0.0749. The minimum absolute atomic E-state index is 0.0512. The Labute approximate surface area is 250 Å². The van der Waals surface area contributed by atoms with Crippen LogP contribution >= 0.6 is 0 Å². The number of hydrogen-bond acceptors (Lipinski definition) is 17. The summed E-state index contributed by atoms with van der Waals surface area (Å²) in [6.45, 7) is -0.509. The van der Waals surface area contributed by atoms with Gasteiger partial charge in [0.15, 0.2) is 25.0 Å². The van der Waals surface area contributed by atoms with Crippen LogP contribution in [-0.2, 0) is 72.0 Å². The number of amides is 1. The van der Waals surface area contributed by atoms with Crippen LogP contribution in [0.4, 0.5) is 0 Å². The van der Waals surface area contributed by atoms with Gasteiger partial charge in [0.1, 0.15) is 42.7 Å². The van der Waals surface area contributed by atoms with Gasteiger partial charge in [0.25, 0.3) is 0 Å². The number of carbonyl (C=O) groups is 3. The average Bonchev–Trinajstić information content (AvgIpc) is 3.21. The number of aliphatic hydroxyl groups excluding tert-OH is 2. The molecule has 0 spiro atoms. The van der Waals surface area contributed by atoms with Gasteiger partial charge >= 0.3 is 26.8 Å². The van der Waals surface area contributed by atoms with Crippen molar-refractivity contribution in [2.24, 2.45) is 0 Å². The lowest BCUT2D eigenvalue weighted by molar-refractivity contribution is -0.320. The lowest BCUT2D eigenvalue weighted by Crippen LogP contribution is -2.60. The standard InChI is InChI=1S/C21H33NO20S2/c1-8(24)22-9-3-11(35-2)14(6-36-43(29,30)31)40-20(9)39-12-4-10(25)21(42-18(12)19(27)28)41-17-15(7-37-44(32,33)34)38-13(5-23)16(17)26/h5,9-18,20-21,25-26H,3-4,6-7H2,1-2H3,(H,22,24)(H,27,28)(H,29,30,31)(H,32,33,34)/t9-,10?,11-,12-,13-,14?,15+,16?,17?,18?,20+,21+/m0/s1. The normalized spacial score (nSPS) is 38.2. The first-order valence-corrected chi connectivity index (χ1v) is 15.5. The Morgan fingerprint density at radius 3 is 2.05 bits per heavy atom. The minimum atomic E-state index is -4.97. The molecule has 0 aromatic rings. The van der Waals surface area contributed by atoms with E-state index >= 15 is 0 Å². The predicted molar refractivity (Wildman–Crippen MR) is 134 cm³/mol. The van der Waals surface area contributed by atoms with E-state index in [-0.39, 0.29) is 12.7 Å². The van der Waals surface area contributed by atoms with Crippen LogP contribution in [0.1, 0.15) is 19.8 Å². The lowest BCUT2D eigenvalue weighted by Gasteiger charge is -2.44. The van der Waals surface area contributed by atoms with Gasteiger partial charge in [-0.3, -0.25) is 13.9 Å². The number of hydrogen-bond donors (Lipinski definition) is 6. The predicted octanol–water partition coefficient (Wildman–Crippen LogP) is -4.08. The van der Waals surface area contributed by atoms with Gasteiger partial charge in [0.05, 0.1) is 25.4 Å². The second-order valence-corrected chi connectivity index (χ2v) is 12.1. The third-order valence-electron chi connectivity index (χ3n) is 6.75. The Morgan fingerprint density at radius 2 is 1.52 bits per heavy atom. The number of methoxy groups -OCH3 is 1. The Hall–Kier alpha value is -1.97. The largest absolute Gasteiger partial charge is 0.479 e. The van der Waals surface area contributed by atoms with Gasteiger partial charge in [-0.1, -0.05) is 0 Å². The zero-order valence-corrected chi connectivity index (χ0v) is 24.6. The van der Waals surface area contributed by atoms with Gasteiger partial charge in [0.2, 0.25) is 5.91 Å². The van der Waals surface area contributed by atoms with E-state index in [1.165, 1.54) is 14.0 Å². The number of aldehydes is 1. The van der Waals surface area contributed by atoms with Gasteiger partial charge in [-0.2, -0.15) is 16.8 Å². The van der Waals surface area contributed by atoms with Crippen molar-refractivity contribution in [1.82, 2.24) is 5.32 Å². The fraction of sp³-hybridized carbons (Fsp3) is 0.857. The van der Waals surface area contributed by atoms with Gasteiger partial charge < -0.3 is 53.9 Å². The van der Waals surface area contributed by atoms with E-state index in [0.29, 0.717) is 0 Å². The summed E-state index contributed by atoms with van der Waals surface area (Å²) in [7, 11) is -8.60. The molecule has 3 rings (SSSR count). The van der Waals surface area contributed by atoms with E-state index < -0.39 is 126 Å². The number of nitrogens with one attached hydrogen (secondary N) is 1. The summed E-state index contributed by atoms with van der Waals surface area (Å²) in [5.41, 5.74) is 0. The molecule has 12 atom stereocenters. The molecular weight excluding hydrogens is 650 g/mol. The van der Waals surface area contributed by atoms with Gasteiger partial charge in [-0.15, -0.1) is 0 Å². The van der Waals surface area contributed by atoms with E-state index in [2.05, 4.69) is 13.7 Å². The van der Waals surface area contributed by atoms with E-state index in [0.717, 1.165) is 0 Å². The molecule has 0 saturated carbocycles. The average molecular weight is 684 g/mol. The summed E-state index contributed by atoms with van der Waals surface area (Å²) in [6.07, 6.45) is -17.3. The molecule has 0 radical (unpaired) electrons. The van der Waals surface area contributed by atoms with Gasteiger partial charge in [-0.05, 0) is 0 Å². The van der Waals surface area contributed by atoms with Gasteiger partial charge in [-0.25, -0.2) is 13.2 Å². The van der Waals surface area contributed by atoms with Crippen molar-refractivity contribution in [1.29, 1.82) is 0 Å². The smallest absolute Gasteiger partial charge is 0.397 e. The highest BCUT2D eigenvalue weighted by molar-refractivity contribution is 7.81. The van der Waals surface area contributed by atoms with Crippen molar-refractivity contribution in [3.63, 3.8) is 0 Å². The van der Waals surface area contributed by atoms with Crippen LogP contribution in [0.3, 0.4) is 0 Å². The van der Waals surface area contributed by atoms with E-state index in [1.54, 1.807) is 0 Å². The molecule has 23 heteroatoms. The molecule has 3 heterocycles. The molecule has 0 bridgehead atoms. The van der Waals surface area contributed by atoms with E-state index in [4.69, 9.17) is 37.5 Å². The second-order valence-electron chi connectivity index (χ2n) is 9.89. The maximum atomic E-state index is 12.1. The lowest BCUT2D eigenvalue weighted by atomic mass is 9.98. The summed E-state index contributed by atoms with van der Waals surface area (Å²) < 4.78 is 103. The highest BCUT2D eigenvalue weighted by atomic mass is 32.3. The molecule has 3 fully saturated rings. The molecule has 3 saturated heterocycles. The number of rotatable bonds is 14. The summed E-state index contributed by atoms with van der Waals surface area (Å²) >= 11 is 0. The Kier molecular flexibility index (Phi) is 12.5. The van der Waals surface area contributed by atoms with Crippen LogP contribution in [0, 0.1) is 0 Å². The van der Waals surface area contributed by atoms with Crippen molar-refractivity contribution >= 4 is 39.0 Å². The molecule has 0 aromatic carbocycles. The monoisotopic (exact) mass is 683 g/mol. The topological polar surface area (TPSA) is 307 Å². The molecule has 3 aliphatic rings. The van der Waals surface area contributed by atoms with Crippen molar-refractivity contribution in [2.75, 3.05) is 20.3 Å². The molecule has 0 aromatic heterocycles. The number of aliphatic carboxylic acids is 1. The summed E-state index contributed by atoms with van der Waals surface area (Å²) in [4.78, 5) is 35.2. The SMILES string of the molecule is CO[C@H]1C[C@H](NC(C)=O)[C@H](O[C@H]2CC(O)[C@H](OC3C(O)[C@H](C=O)O[C@@H]3COS(=O)(=O)O)OC2C(=O)O)OC1COS(=O)(=O)O. The van der Waals surface area contributed by atoms with Crippen molar-refractivity contribution < 1.29 is 92.4 Å². The third-order valence-corrected chi connectivity index (χ3v) is 7.62. The molecule has 0 aliphatic carbocycles. The minimum Gasteiger partial charge on any atom is -0.479 e. The molecule has 21 nitrogen and oxygen atoms in total. The van der Waals surface area contributed by atoms with Crippen molar-refractivity contribution in [3.8, 4) is 0 Å². The first kappa shape index (κ1) is 36.5. The number of carboxylic acid groups (broad SMARTS) is 1. The third kappa shape index (κ3) is 10.0. The number of ether oxygens (including phenoxy) is 6. The second kappa shape index (κ2) is 15.1. The van der Waals surface area contributed by atoms with Crippen molar-refractivity contribution in [3.05, 3.63) is 0 Å². The number of carboxylic acids is 1. The zero-order chi connectivity index (χ0) is 33.0. The highest BCUT2D eigenvalue weighted by Crippen LogP contribution is 2.33. The molecule has 5 unspecified atom stereocenters. The summed E-state index contributed by atoms with van der Waals surface area (Å²) in [5, 5.41) is 33.6. The number of carbonyl (C=O) groups excluding carboxylic acids is 2. The first-order chi connectivity index (χ1) is 20.4. The maximum absolute atomic E-state index is 12.1. The molecule has 1 amide bonds. The van der Waals surface area contributed by atoms with Crippen LogP contribution < -0.4 is 5.32 Å². The maximum Gasteiger partial charge on any atom is 0.397 e. The fourth-order valence-electron chi connectivity index (χ4n) is 4.85. The van der Waals surface area contributed by atoms with E-state index in [1.807, 2.05) is 0 Å². The zero-order valence-electron chi connectivity index (χ0n) is 23.0. The molecule has 254 valence electrons. The van der Waals surface area contributed by atoms with Crippen LogP contribution in [0.25, 0.3) is 0 Å². The summed E-state index contributed by atoms with van der Waals surface area (Å²) in [6, 6.07) is -0.991. The Bertz CT molecular complexity index is 1230. The Balaban J connectivity index is 1.77. The van der Waals surface area contributed by atoms with Crippen LogP contribution in [-0.4, -0.2) is 153 Å². The number of aliphatic hydroxyl groups is 2. The Morgan fingerprint density at radius 1 is 0.909 bits per heavy atom. The first-order valence-electron chi connectivity index (χ1n) is 12.8. The van der Waals surface area contributed by atoms with Crippen LogP contribution in [0.5, 0.6) is 0 Å².